The van der Waals surface area contributed by atoms with Gasteiger partial charge in [-0.25, -0.2) is 8.42 Å². The molecule has 1 aliphatic rings. The molecule has 0 aromatic carbocycles. The van der Waals surface area contributed by atoms with Gasteiger partial charge < -0.3 is 0 Å². The molecule has 0 atom stereocenters. The number of hydrogen-bond donors (Lipinski definition) is 2. The van der Waals surface area contributed by atoms with Gasteiger partial charge in [0.2, 0.25) is 10.0 Å². The minimum atomic E-state index is -3.13. The summed E-state index contributed by atoms with van der Waals surface area (Å²) in [6, 6.07) is 1.58. The summed E-state index contributed by atoms with van der Waals surface area (Å²) in [5, 5.41) is 5.98. The molecule has 12 heavy (non-hydrogen) atoms. The monoisotopic (exact) mass is 187 g/mol. The second-order valence-corrected chi connectivity index (χ2v) is 4.78. The van der Waals surface area contributed by atoms with E-state index in [0.29, 0.717) is 5.82 Å². The maximum Gasteiger partial charge on any atom is 0.236 e. The number of nitrogens with zero attached hydrogens (tertiary/aromatic N) is 1. The van der Waals surface area contributed by atoms with E-state index >= 15 is 0 Å². The van der Waals surface area contributed by atoms with Crippen LogP contribution < -0.4 is 4.72 Å². The third kappa shape index (κ3) is 1.42. The molecule has 1 aromatic rings. The summed E-state index contributed by atoms with van der Waals surface area (Å²) in [6.45, 7) is 0. The van der Waals surface area contributed by atoms with Crippen molar-refractivity contribution in [3.8, 4) is 0 Å². The Balaban J connectivity index is 2.12. The van der Waals surface area contributed by atoms with E-state index in [9.17, 15) is 8.42 Å². The molecule has 5 nitrogen and oxygen atoms in total. The van der Waals surface area contributed by atoms with Crippen LogP contribution in [0.2, 0.25) is 0 Å². The molecule has 0 bridgehead atoms. The van der Waals surface area contributed by atoms with Gasteiger partial charge in [0, 0.05) is 6.07 Å². The van der Waals surface area contributed by atoms with Gasteiger partial charge in [0.05, 0.1) is 11.4 Å². The van der Waals surface area contributed by atoms with Crippen LogP contribution in [0.25, 0.3) is 0 Å². The fourth-order valence-corrected chi connectivity index (χ4v) is 2.27. The summed E-state index contributed by atoms with van der Waals surface area (Å²) < 4.78 is 25.0. The van der Waals surface area contributed by atoms with E-state index in [2.05, 4.69) is 14.9 Å². The van der Waals surface area contributed by atoms with E-state index in [4.69, 9.17) is 0 Å². The topological polar surface area (TPSA) is 74.8 Å². The van der Waals surface area contributed by atoms with Crippen molar-refractivity contribution in [3.63, 3.8) is 0 Å². The van der Waals surface area contributed by atoms with E-state index in [0.717, 1.165) is 12.8 Å². The number of hydrogen-bond acceptors (Lipinski definition) is 3. The Kier molecular flexibility index (Phi) is 1.57. The highest BCUT2D eigenvalue weighted by Gasteiger charge is 2.35. The number of aromatic nitrogens is 2. The molecule has 66 valence electrons. The van der Waals surface area contributed by atoms with Crippen molar-refractivity contribution in [2.45, 2.75) is 18.1 Å². The first-order valence-electron chi connectivity index (χ1n) is 3.69. The van der Waals surface area contributed by atoms with E-state index in [-0.39, 0.29) is 5.25 Å². The highest BCUT2D eigenvalue weighted by Crippen LogP contribution is 2.29. The molecule has 1 aliphatic carbocycles. The first-order valence-corrected chi connectivity index (χ1v) is 5.24. The molecule has 1 saturated carbocycles. The molecule has 1 fully saturated rings. The van der Waals surface area contributed by atoms with Gasteiger partial charge in [-0.15, -0.1) is 0 Å². The predicted octanol–water partition coefficient (Wildman–Crippen LogP) is 0.314. The molecule has 0 radical (unpaired) electrons. The zero-order valence-electron chi connectivity index (χ0n) is 6.32. The lowest BCUT2D eigenvalue weighted by Crippen LogP contribution is -2.17. The van der Waals surface area contributed by atoms with Crippen LogP contribution in [0.4, 0.5) is 5.82 Å². The highest BCUT2D eigenvalue weighted by molar-refractivity contribution is 7.93. The third-order valence-corrected chi connectivity index (χ3v) is 3.57. The molecule has 0 unspecified atom stereocenters. The Labute approximate surface area is 70.2 Å². The Bertz CT molecular complexity index is 352. The lowest BCUT2D eigenvalue weighted by atomic mass is 10.7. The van der Waals surface area contributed by atoms with Crippen LogP contribution in [0, 0.1) is 0 Å². The van der Waals surface area contributed by atoms with Gasteiger partial charge in [0.15, 0.2) is 0 Å². The summed E-state index contributed by atoms with van der Waals surface area (Å²) in [7, 11) is -3.13. The Morgan fingerprint density at radius 3 is 2.83 bits per heavy atom. The maximum atomic E-state index is 11.3. The minimum Gasteiger partial charge on any atom is -0.267 e. The number of anilines is 1. The number of H-pyrrole nitrogens is 1. The van der Waals surface area contributed by atoms with Gasteiger partial charge in [0.25, 0.3) is 0 Å². The molecule has 0 spiro atoms. The lowest BCUT2D eigenvalue weighted by molar-refractivity contribution is 0.600. The Morgan fingerprint density at radius 2 is 2.33 bits per heavy atom. The summed E-state index contributed by atoms with van der Waals surface area (Å²) in [5.74, 6) is 0.432. The number of nitrogens with one attached hydrogen (secondary N) is 2. The summed E-state index contributed by atoms with van der Waals surface area (Å²) >= 11 is 0. The smallest absolute Gasteiger partial charge is 0.236 e. The molecular weight excluding hydrogens is 178 g/mol. The minimum absolute atomic E-state index is 0.194. The van der Waals surface area contributed by atoms with Crippen molar-refractivity contribution in [2.75, 3.05) is 4.72 Å². The summed E-state index contributed by atoms with van der Waals surface area (Å²) in [6.07, 6.45) is 3.04. The fraction of sp³-hybridized carbons (Fsp3) is 0.500. The molecule has 2 N–H and O–H groups in total. The number of sulfonamides is 1. The molecule has 2 rings (SSSR count). The number of rotatable bonds is 3. The van der Waals surface area contributed by atoms with Crippen molar-refractivity contribution < 1.29 is 8.42 Å². The van der Waals surface area contributed by atoms with Crippen LogP contribution in [0.5, 0.6) is 0 Å². The average molecular weight is 187 g/mol. The first kappa shape index (κ1) is 7.60. The quantitative estimate of drug-likeness (QED) is 0.715. The lowest BCUT2D eigenvalue weighted by Gasteiger charge is -2.02. The molecule has 0 aliphatic heterocycles. The van der Waals surface area contributed by atoms with Crippen LogP contribution in [0.1, 0.15) is 12.8 Å². The van der Waals surface area contributed by atoms with Gasteiger partial charge in [-0.2, -0.15) is 5.10 Å². The van der Waals surface area contributed by atoms with E-state index in [1.807, 2.05) is 0 Å². The summed E-state index contributed by atoms with van der Waals surface area (Å²) in [5.41, 5.74) is 0. The molecule has 6 heteroatoms. The van der Waals surface area contributed by atoms with Crippen molar-refractivity contribution in [3.05, 3.63) is 12.3 Å². The standard InChI is InChI=1S/C6H9N3O2S/c10-12(11,5-1-2-5)9-6-3-4-7-8-6/h3-5H,1-2H2,(H2,7,8,9). The number of aromatic amines is 1. The van der Waals surface area contributed by atoms with Crippen LogP contribution >= 0.6 is 0 Å². The molecule has 0 amide bonds. The third-order valence-electron chi connectivity index (χ3n) is 1.72. The predicted molar refractivity (Wildman–Crippen MR) is 44.2 cm³/mol. The van der Waals surface area contributed by atoms with E-state index in [1.165, 1.54) is 6.20 Å². The van der Waals surface area contributed by atoms with Gasteiger partial charge in [-0.1, -0.05) is 0 Å². The van der Waals surface area contributed by atoms with Crippen molar-refractivity contribution in [2.24, 2.45) is 0 Å². The van der Waals surface area contributed by atoms with Gasteiger partial charge in [-0.05, 0) is 12.8 Å². The van der Waals surface area contributed by atoms with Gasteiger partial charge >= 0.3 is 0 Å². The second-order valence-electron chi connectivity index (χ2n) is 2.82. The average Bonchev–Trinajstić information content (AvgIpc) is 2.74. The van der Waals surface area contributed by atoms with Crippen LogP contribution in [0.3, 0.4) is 0 Å². The van der Waals surface area contributed by atoms with Crippen molar-refractivity contribution in [1.29, 1.82) is 0 Å². The SMILES string of the molecule is O=S(=O)(Nc1ccn[nH]1)C1CC1. The van der Waals surface area contributed by atoms with Gasteiger partial charge in [0.1, 0.15) is 5.82 Å². The van der Waals surface area contributed by atoms with E-state index < -0.39 is 10.0 Å². The molecule has 1 aromatic heterocycles. The van der Waals surface area contributed by atoms with Crippen LogP contribution in [-0.4, -0.2) is 23.9 Å². The van der Waals surface area contributed by atoms with Crippen LogP contribution in [-0.2, 0) is 10.0 Å². The fourth-order valence-electron chi connectivity index (χ4n) is 0.928. The maximum absolute atomic E-state index is 11.3. The molecule has 1 heterocycles. The Morgan fingerprint density at radius 1 is 1.58 bits per heavy atom. The van der Waals surface area contributed by atoms with Crippen molar-refractivity contribution >= 4 is 15.8 Å². The van der Waals surface area contributed by atoms with Crippen LogP contribution in [0.15, 0.2) is 12.3 Å². The normalized spacial score (nSPS) is 17.7. The largest absolute Gasteiger partial charge is 0.267 e. The Hall–Kier alpha value is -1.04. The molecular formula is C6H9N3O2S. The zero-order valence-corrected chi connectivity index (χ0v) is 7.13. The molecule has 0 saturated heterocycles. The van der Waals surface area contributed by atoms with Crippen molar-refractivity contribution in [1.82, 2.24) is 10.2 Å². The first-order chi connectivity index (χ1) is 5.68. The van der Waals surface area contributed by atoms with Gasteiger partial charge in [-0.3, -0.25) is 9.82 Å². The zero-order chi connectivity index (χ0) is 8.60. The van der Waals surface area contributed by atoms with E-state index in [1.54, 1.807) is 6.07 Å². The second kappa shape index (κ2) is 2.48. The summed E-state index contributed by atoms with van der Waals surface area (Å²) in [4.78, 5) is 0. The highest BCUT2D eigenvalue weighted by atomic mass is 32.2.